The van der Waals surface area contributed by atoms with E-state index in [1.54, 1.807) is 24.3 Å². The summed E-state index contributed by atoms with van der Waals surface area (Å²) in [6.07, 6.45) is 0. The van der Waals surface area contributed by atoms with Gasteiger partial charge in [0.25, 0.3) is 5.91 Å². The maximum absolute atomic E-state index is 11.5. The van der Waals surface area contributed by atoms with Gasteiger partial charge in [0.2, 0.25) is 5.71 Å². The number of anilines is 1. The molecule has 0 unspecified atom stereocenters. The Hall–Kier alpha value is -2.86. The molecule has 0 saturated heterocycles. The van der Waals surface area contributed by atoms with Gasteiger partial charge in [-0.1, -0.05) is 12.1 Å². The molecule has 17 heavy (non-hydrogen) atoms. The summed E-state index contributed by atoms with van der Waals surface area (Å²) in [7, 11) is 0. The van der Waals surface area contributed by atoms with Gasteiger partial charge in [-0.15, -0.1) is 0 Å². The van der Waals surface area contributed by atoms with Crippen molar-refractivity contribution in [2.75, 3.05) is 5.43 Å². The maximum Gasteiger partial charge on any atom is 0.254 e. The van der Waals surface area contributed by atoms with E-state index in [9.17, 15) is 4.79 Å². The Labute approximate surface area is 97.2 Å². The average molecular weight is 225 g/mol. The van der Waals surface area contributed by atoms with Crippen molar-refractivity contribution in [2.24, 2.45) is 5.10 Å². The Bertz CT molecular complexity index is 575. The van der Waals surface area contributed by atoms with Crippen LogP contribution in [-0.4, -0.2) is 11.6 Å². The van der Waals surface area contributed by atoms with Crippen LogP contribution in [0.2, 0.25) is 0 Å². The fourth-order valence-electron chi connectivity index (χ4n) is 1.56. The number of carbonyl (C=O) groups excluding carboxylic acids is 1. The molecule has 0 aliphatic carbocycles. The lowest BCUT2D eigenvalue weighted by Gasteiger charge is -2.04. The first-order valence-electron chi connectivity index (χ1n) is 4.80. The summed E-state index contributed by atoms with van der Waals surface area (Å²) in [5.41, 5.74) is 4.13. The van der Waals surface area contributed by atoms with Crippen LogP contribution in [0.25, 0.3) is 0 Å². The Morgan fingerprint density at radius 2 is 2.18 bits per heavy atom. The zero-order chi connectivity index (χ0) is 12.3. The van der Waals surface area contributed by atoms with Gasteiger partial charge in [-0.2, -0.15) is 15.6 Å². The van der Waals surface area contributed by atoms with Crippen LogP contribution in [0.3, 0.4) is 0 Å². The number of hydrogen-bond acceptors (Lipinski definition) is 5. The lowest BCUT2D eigenvalue weighted by atomic mass is 10.1. The monoisotopic (exact) mass is 225 g/mol. The minimum Gasteiger partial charge on any atom is -0.348 e. The highest BCUT2D eigenvalue weighted by molar-refractivity contribution is 6.10. The van der Waals surface area contributed by atoms with Gasteiger partial charge < -0.3 is 5.32 Å². The van der Waals surface area contributed by atoms with E-state index in [0.717, 1.165) is 5.56 Å². The summed E-state index contributed by atoms with van der Waals surface area (Å²) in [6.45, 7) is 0.483. The second kappa shape index (κ2) is 4.33. The van der Waals surface area contributed by atoms with E-state index >= 15 is 0 Å². The predicted molar refractivity (Wildman–Crippen MR) is 59.9 cm³/mol. The number of carbonyl (C=O) groups is 1. The molecule has 1 amide bonds. The Kier molecular flexibility index (Phi) is 2.71. The van der Waals surface area contributed by atoms with Crippen LogP contribution >= 0.6 is 0 Å². The molecule has 1 heterocycles. The van der Waals surface area contributed by atoms with Crippen LogP contribution in [0.5, 0.6) is 0 Å². The van der Waals surface area contributed by atoms with Crippen molar-refractivity contribution < 1.29 is 4.79 Å². The molecule has 1 aromatic rings. The molecule has 0 fully saturated rings. The Morgan fingerprint density at radius 1 is 1.41 bits per heavy atom. The summed E-state index contributed by atoms with van der Waals surface area (Å²) in [5.74, 6) is -0.186. The van der Waals surface area contributed by atoms with Crippen LogP contribution in [0.4, 0.5) is 5.69 Å². The number of hydrazone groups is 1. The second-order valence-corrected chi connectivity index (χ2v) is 3.32. The molecule has 0 radical (unpaired) electrons. The molecule has 2 rings (SSSR count). The predicted octanol–water partition coefficient (Wildman–Crippen LogP) is 0.745. The van der Waals surface area contributed by atoms with Crippen molar-refractivity contribution in [3.05, 3.63) is 29.3 Å². The summed E-state index contributed by atoms with van der Waals surface area (Å²) in [6, 6.07) is 8.52. The third-order valence-corrected chi connectivity index (χ3v) is 2.32. The molecule has 0 aromatic heterocycles. The van der Waals surface area contributed by atoms with Crippen molar-refractivity contribution in [2.45, 2.75) is 6.54 Å². The van der Waals surface area contributed by atoms with Gasteiger partial charge in [-0.3, -0.25) is 10.2 Å². The smallest absolute Gasteiger partial charge is 0.254 e. The largest absolute Gasteiger partial charge is 0.348 e. The first-order chi connectivity index (χ1) is 8.26. The van der Waals surface area contributed by atoms with E-state index in [1.807, 2.05) is 6.07 Å². The van der Waals surface area contributed by atoms with Crippen LogP contribution in [-0.2, 0) is 6.54 Å². The van der Waals surface area contributed by atoms with Crippen LogP contribution in [0, 0.1) is 22.7 Å². The van der Waals surface area contributed by atoms with Crippen molar-refractivity contribution in [1.82, 2.24) is 5.32 Å². The normalized spacial score (nSPS) is 11.8. The molecule has 6 heteroatoms. The molecule has 1 aliphatic heterocycles. The fourth-order valence-corrected chi connectivity index (χ4v) is 1.56. The van der Waals surface area contributed by atoms with Gasteiger partial charge in [0.05, 0.1) is 11.3 Å². The van der Waals surface area contributed by atoms with E-state index in [4.69, 9.17) is 10.5 Å². The number of hydrogen-bond donors (Lipinski definition) is 2. The molecular formula is C11H7N5O. The molecule has 1 aromatic carbocycles. The molecule has 2 N–H and O–H groups in total. The lowest BCUT2D eigenvalue weighted by Crippen LogP contribution is -2.13. The number of rotatable bonds is 2. The van der Waals surface area contributed by atoms with Gasteiger partial charge in [-0.25, -0.2) is 0 Å². The molecule has 1 aliphatic rings. The lowest BCUT2D eigenvalue weighted by molar-refractivity contribution is 0.0966. The number of nitrogens with zero attached hydrogens (tertiary/aromatic N) is 3. The fraction of sp³-hybridized carbons (Fsp3) is 0.0909. The van der Waals surface area contributed by atoms with Crippen molar-refractivity contribution in [3.63, 3.8) is 0 Å². The second-order valence-electron chi connectivity index (χ2n) is 3.32. The molecule has 0 saturated carbocycles. The van der Waals surface area contributed by atoms with Crippen molar-refractivity contribution in [1.29, 1.82) is 10.5 Å². The third kappa shape index (κ3) is 1.92. The number of benzene rings is 1. The Balaban J connectivity index is 2.34. The topological polar surface area (TPSA) is 101 Å². The standard InChI is InChI=1S/C11H7N5O/c12-4-8(5-13)15-16-9-3-1-2-7-6-14-11(17)10(7)9/h1-3,16H,6H2,(H,14,17). The van der Waals surface area contributed by atoms with E-state index in [2.05, 4.69) is 15.8 Å². The SMILES string of the molecule is N#CC(C#N)=NNc1cccc2c1C(=O)NC2. The number of amides is 1. The van der Waals surface area contributed by atoms with Crippen LogP contribution < -0.4 is 10.7 Å². The van der Waals surface area contributed by atoms with Gasteiger partial charge in [0.1, 0.15) is 12.1 Å². The highest BCUT2D eigenvalue weighted by atomic mass is 16.1. The van der Waals surface area contributed by atoms with Gasteiger partial charge in [-0.05, 0) is 11.6 Å². The van der Waals surface area contributed by atoms with E-state index in [0.29, 0.717) is 17.8 Å². The molecule has 0 atom stereocenters. The summed E-state index contributed by atoms with van der Waals surface area (Å²) < 4.78 is 0. The van der Waals surface area contributed by atoms with Gasteiger partial charge >= 0.3 is 0 Å². The van der Waals surface area contributed by atoms with Crippen molar-refractivity contribution in [3.8, 4) is 12.1 Å². The summed E-state index contributed by atoms with van der Waals surface area (Å²) >= 11 is 0. The first-order valence-corrected chi connectivity index (χ1v) is 4.80. The van der Waals surface area contributed by atoms with E-state index in [-0.39, 0.29) is 11.6 Å². The molecule has 0 spiro atoms. The zero-order valence-corrected chi connectivity index (χ0v) is 8.69. The van der Waals surface area contributed by atoms with Crippen LogP contribution in [0.1, 0.15) is 15.9 Å². The number of nitrogens with one attached hydrogen (secondary N) is 2. The third-order valence-electron chi connectivity index (χ3n) is 2.32. The van der Waals surface area contributed by atoms with E-state index in [1.165, 1.54) is 0 Å². The Morgan fingerprint density at radius 3 is 2.88 bits per heavy atom. The average Bonchev–Trinajstić information content (AvgIpc) is 2.73. The van der Waals surface area contributed by atoms with Gasteiger partial charge in [0.15, 0.2) is 0 Å². The molecule has 0 bridgehead atoms. The molecule has 6 nitrogen and oxygen atoms in total. The minimum atomic E-state index is -0.291. The number of nitriles is 2. The number of fused-ring (bicyclic) bond motifs is 1. The van der Waals surface area contributed by atoms with Crippen LogP contribution in [0.15, 0.2) is 23.3 Å². The minimum absolute atomic E-state index is 0.186. The highest BCUT2D eigenvalue weighted by Crippen LogP contribution is 2.23. The quantitative estimate of drug-likeness (QED) is 0.572. The molecule has 82 valence electrons. The first kappa shape index (κ1) is 10.7. The zero-order valence-electron chi connectivity index (χ0n) is 8.69. The maximum atomic E-state index is 11.5. The highest BCUT2D eigenvalue weighted by Gasteiger charge is 2.21. The van der Waals surface area contributed by atoms with Gasteiger partial charge in [0, 0.05) is 6.54 Å². The summed E-state index contributed by atoms with van der Waals surface area (Å²) in [4.78, 5) is 11.5. The van der Waals surface area contributed by atoms with Crippen molar-refractivity contribution >= 4 is 17.3 Å². The van der Waals surface area contributed by atoms with E-state index < -0.39 is 0 Å². The summed E-state index contributed by atoms with van der Waals surface area (Å²) in [5, 5.41) is 23.3. The molecular weight excluding hydrogens is 218 g/mol.